The number of hydrogen-bond donors (Lipinski definition) is 1. The molecule has 1 heterocycles. The summed E-state index contributed by atoms with van der Waals surface area (Å²) in [5, 5.41) is 8.77. The third-order valence-electron chi connectivity index (χ3n) is 1.06. The lowest BCUT2D eigenvalue weighted by Crippen LogP contribution is -1.83. The molecule has 1 aromatic heterocycles. The van der Waals surface area contributed by atoms with Gasteiger partial charge in [0.25, 0.3) is 0 Å². The van der Waals surface area contributed by atoms with Gasteiger partial charge < -0.3 is 5.11 Å². The van der Waals surface area contributed by atoms with Crippen LogP contribution in [0.25, 0.3) is 0 Å². The highest BCUT2D eigenvalue weighted by atomic mass is 19.1. The molecule has 1 N–H and O–H groups in total. The molecular formula is C6H6FNO. The summed E-state index contributed by atoms with van der Waals surface area (Å²) < 4.78 is 12.3. The van der Waals surface area contributed by atoms with E-state index in [0.29, 0.717) is 5.69 Å². The lowest BCUT2D eigenvalue weighted by atomic mass is 10.3. The second kappa shape index (κ2) is 2.01. The van der Waals surface area contributed by atoms with Gasteiger partial charge in [0.15, 0.2) is 11.6 Å². The van der Waals surface area contributed by atoms with Crippen LogP contribution in [0.1, 0.15) is 5.69 Å². The molecule has 0 atom stereocenters. The molecule has 0 radical (unpaired) electrons. The molecule has 0 aliphatic rings. The Kier molecular flexibility index (Phi) is 1.34. The van der Waals surface area contributed by atoms with Crippen LogP contribution in [0.3, 0.4) is 0 Å². The SMILES string of the molecule is Cc1nccc(F)c1O. The number of rotatable bonds is 0. The van der Waals surface area contributed by atoms with Gasteiger partial charge in [0.05, 0.1) is 5.69 Å². The van der Waals surface area contributed by atoms with Crippen LogP contribution in [0.4, 0.5) is 4.39 Å². The first kappa shape index (κ1) is 6.01. The molecule has 3 heteroatoms. The first-order valence-electron chi connectivity index (χ1n) is 2.52. The maximum atomic E-state index is 12.3. The Morgan fingerprint density at radius 3 is 2.78 bits per heavy atom. The zero-order valence-corrected chi connectivity index (χ0v) is 4.93. The second-order valence-corrected chi connectivity index (χ2v) is 1.73. The molecule has 9 heavy (non-hydrogen) atoms. The molecule has 0 amide bonds. The number of aromatic nitrogens is 1. The zero-order chi connectivity index (χ0) is 6.85. The van der Waals surface area contributed by atoms with E-state index in [1.807, 2.05) is 0 Å². The van der Waals surface area contributed by atoms with Crippen LogP contribution in [-0.4, -0.2) is 10.1 Å². The predicted octanol–water partition coefficient (Wildman–Crippen LogP) is 1.23. The Labute approximate surface area is 52.0 Å². The van der Waals surface area contributed by atoms with Gasteiger partial charge in [0.2, 0.25) is 0 Å². The van der Waals surface area contributed by atoms with Crippen molar-refractivity contribution < 1.29 is 9.50 Å². The van der Waals surface area contributed by atoms with Crippen LogP contribution >= 0.6 is 0 Å². The van der Waals surface area contributed by atoms with E-state index in [4.69, 9.17) is 5.11 Å². The van der Waals surface area contributed by atoms with Crippen LogP contribution in [0.2, 0.25) is 0 Å². The van der Waals surface area contributed by atoms with Crippen LogP contribution in [0.5, 0.6) is 5.75 Å². The summed E-state index contributed by atoms with van der Waals surface area (Å²) in [6.45, 7) is 1.54. The van der Waals surface area contributed by atoms with E-state index in [2.05, 4.69) is 4.98 Å². The zero-order valence-electron chi connectivity index (χ0n) is 4.93. The molecule has 2 nitrogen and oxygen atoms in total. The molecule has 0 saturated heterocycles. The third-order valence-corrected chi connectivity index (χ3v) is 1.06. The van der Waals surface area contributed by atoms with Crippen molar-refractivity contribution in [3.8, 4) is 5.75 Å². The molecule has 0 spiro atoms. The fourth-order valence-electron chi connectivity index (χ4n) is 0.527. The van der Waals surface area contributed by atoms with Crippen molar-refractivity contribution in [2.75, 3.05) is 0 Å². The van der Waals surface area contributed by atoms with Crippen LogP contribution in [-0.2, 0) is 0 Å². The van der Waals surface area contributed by atoms with Crippen molar-refractivity contribution in [2.45, 2.75) is 6.92 Å². The number of halogens is 1. The Bertz CT molecular complexity index is 204. The fraction of sp³-hybridized carbons (Fsp3) is 0.167. The largest absolute Gasteiger partial charge is 0.504 e. The van der Waals surface area contributed by atoms with Gasteiger partial charge in [-0.05, 0) is 13.0 Å². The summed E-state index contributed by atoms with van der Waals surface area (Å²) in [7, 11) is 0. The van der Waals surface area contributed by atoms with Gasteiger partial charge >= 0.3 is 0 Å². The second-order valence-electron chi connectivity index (χ2n) is 1.73. The van der Waals surface area contributed by atoms with E-state index < -0.39 is 5.82 Å². The highest BCUT2D eigenvalue weighted by Gasteiger charge is 2.00. The van der Waals surface area contributed by atoms with E-state index >= 15 is 0 Å². The van der Waals surface area contributed by atoms with Crippen molar-refractivity contribution in [3.63, 3.8) is 0 Å². The van der Waals surface area contributed by atoms with Crippen molar-refractivity contribution >= 4 is 0 Å². The Morgan fingerprint density at radius 2 is 2.33 bits per heavy atom. The maximum Gasteiger partial charge on any atom is 0.172 e. The smallest absolute Gasteiger partial charge is 0.172 e. The van der Waals surface area contributed by atoms with Gasteiger partial charge in [0.1, 0.15) is 0 Å². The fourth-order valence-corrected chi connectivity index (χ4v) is 0.527. The summed E-state index contributed by atoms with van der Waals surface area (Å²) in [6, 6.07) is 1.11. The maximum absolute atomic E-state index is 12.3. The quantitative estimate of drug-likeness (QED) is 0.568. The van der Waals surface area contributed by atoms with Gasteiger partial charge in [-0.15, -0.1) is 0 Å². The number of aromatic hydroxyl groups is 1. The molecule has 1 rings (SSSR count). The van der Waals surface area contributed by atoms with Crippen molar-refractivity contribution in [1.82, 2.24) is 4.98 Å². The lowest BCUT2D eigenvalue weighted by Gasteiger charge is -1.95. The molecule has 0 fully saturated rings. The first-order valence-corrected chi connectivity index (χ1v) is 2.52. The average molecular weight is 127 g/mol. The molecule has 0 aromatic carbocycles. The number of aryl methyl sites for hydroxylation is 1. The van der Waals surface area contributed by atoms with Crippen molar-refractivity contribution in [3.05, 3.63) is 23.8 Å². The Hall–Kier alpha value is -1.12. The lowest BCUT2D eigenvalue weighted by molar-refractivity contribution is 0.425. The minimum Gasteiger partial charge on any atom is -0.504 e. The van der Waals surface area contributed by atoms with E-state index in [-0.39, 0.29) is 5.75 Å². The molecule has 0 aliphatic heterocycles. The number of hydrogen-bond acceptors (Lipinski definition) is 2. The standard InChI is InChI=1S/C6H6FNO/c1-4-6(9)5(7)2-3-8-4/h2-3,9H,1H3. The average Bonchev–Trinajstić information content (AvgIpc) is 1.83. The van der Waals surface area contributed by atoms with Gasteiger partial charge in [-0.2, -0.15) is 0 Å². The van der Waals surface area contributed by atoms with E-state index in [0.717, 1.165) is 6.07 Å². The molecule has 1 aromatic rings. The molecule has 0 saturated carbocycles. The summed E-state index contributed by atoms with van der Waals surface area (Å²) >= 11 is 0. The molecule has 0 aliphatic carbocycles. The Balaban J connectivity index is 3.25. The normalized spacial score (nSPS) is 9.56. The van der Waals surface area contributed by atoms with E-state index in [1.165, 1.54) is 6.20 Å². The van der Waals surface area contributed by atoms with Gasteiger partial charge in [-0.25, -0.2) is 4.39 Å². The predicted molar refractivity (Wildman–Crippen MR) is 30.6 cm³/mol. The van der Waals surface area contributed by atoms with Gasteiger partial charge in [-0.3, -0.25) is 4.98 Å². The van der Waals surface area contributed by atoms with Crippen LogP contribution < -0.4 is 0 Å². The van der Waals surface area contributed by atoms with E-state index in [1.54, 1.807) is 6.92 Å². The molecule has 0 bridgehead atoms. The summed E-state index contributed by atoms with van der Waals surface area (Å²) in [5.41, 5.74) is 0.315. The minimum absolute atomic E-state index is 0.315. The highest BCUT2D eigenvalue weighted by Crippen LogP contribution is 2.15. The summed E-state index contributed by atoms with van der Waals surface area (Å²) in [6.07, 6.45) is 1.31. The van der Waals surface area contributed by atoms with Crippen LogP contribution in [0.15, 0.2) is 12.3 Å². The van der Waals surface area contributed by atoms with Crippen molar-refractivity contribution in [2.24, 2.45) is 0 Å². The molecule has 48 valence electrons. The third kappa shape index (κ3) is 0.988. The number of nitrogens with zero attached hydrogens (tertiary/aromatic N) is 1. The highest BCUT2D eigenvalue weighted by molar-refractivity contribution is 5.25. The monoisotopic (exact) mass is 127 g/mol. The van der Waals surface area contributed by atoms with E-state index in [9.17, 15) is 4.39 Å². The molecule has 0 unspecified atom stereocenters. The number of pyridine rings is 1. The van der Waals surface area contributed by atoms with Gasteiger partial charge in [0, 0.05) is 6.20 Å². The summed E-state index contributed by atoms with van der Waals surface area (Å²) in [4.78, 5) is 3.65. The summed E-state index contributed by atoms with van der Waals surface area (Å²) in [5.74, 6) is -0.986. The topological polar surface area (TPSA) is 33.1 Å². The molecular weight excluding hydrogens is 121 g/mol. The Morgan fingerprint density at radius 1 is 1.67 bits per heavy atom. The van der Waals surface area contributed by atoms with Crippen molar-refractivity contribution in [1.29, 1.82) is 0 Å². The minimum atomic E-state index is -0.623. The first-order chi connectivity index (χ1) is 4.22. The van der Waals surface area contributed by atoms with Gasteiger partial charge in [-0.1, -0.05) is 0 Å². The van der Waals surface area contributed by atoms with Crippen LogP contribution in [0, 0.1) is 12.7 Å².